The van der Waals surface area contributed by atoms with Gasteiger partial charge in [0.05, 0.1) is 0 Å². The van der Waals surface area contributed by atoms with E-state index in [4.69, 9.17) is 0 Å². The summed E-state index contributed by atoms with van der Waals surface area (Å²) in [6.07, 6.45) is 3.32. The Morgan fingerprint density at radius 1 is 1.36 bits per heavy atom. The summed E-state index contributed by atoms with van der Waals surface area (Å²) >= 11 is 0. The molecular formula is C11H10NO2. The van der Waals surface area contributed by atoms with Gasteiger partial charge in [-0.05, 0) is 18.6 Å². The second-order valence-corrected chi connectivity index (χ2v) is 3.30. The van der Waals surface area contributed by atoms with Gasteiger partial charge in [0.15, 0.2) is 0 Å². The maximum atomic E-state index is 11.4. The molecule has 0 N–H and O–H groups in total. The van der Waals surface area contributed by atoms with Crippen molar-refractivity contribution in [2.24, 2.45) is 0 Å². The molecule has 71 valence electrons. The highest BCUT2D eigenvalue weighted by atomic mass is 16.2. The van der Waals surface area contributed by atoms with Crippen molar-refractivity contribution >= 4 is 17.9 Å². The predicted molar refractivity (Wildman–Crippen MR) is 52.8 cm³/mol. The van der Waals surface area contributed by atoms with Gasteiger partial charge in [-0.15, -0.1) is 0 Å². The van der Waals surface area contributed by atoms with Crippen molar-refractivity contribution in [3.05, 3.63) is 29.8 Å². The number of rotatable bonds is 2. The normalized spacial score (nSPS) is 16.0. The van der Waals surface area contributed by atoms with Gasteiger partial charge in [0.2, 0.25) is 12.2 Å². The zero-order valence-electron chi connectivity index (χ0n) is 7.69. The van der Waals surface area contributed by atoms with E-state index in [1.807, 2.05) is 12.4 Å². The fraction of sp³-hybridized carbons (Fsp3) is 0.273. The van der Waals surface area contributed by atoms with E-state index in [1.165, 1.54) is 0 Å². The maximum Gasteiger partial charge on any atom is 0.233 e. The zero-order valence-corrected chi connectivity index (χ0v) is 7.69. The lowest BCUT2D eigenvalue weighted by Gasteiger charge is -2.15. The largest absolute Gasteiger partial charge is 0.312 e. The van der Waals surface area contributed by atoms with E-state index in [0.717, 1.165) is 18.7 Å². The molecule has 1 aliphatic heterocycles. The van der Waals surface area contributed by atoms with Crippen LogP contribution in [-0.4, -0.2) is 18.7 Å². The highest BCUT2D eigenvalue weighted by Crippen LogP contribution is 2.21. The van der Waals surface area contributed by atoms with Crippen molar-refractivity contribution in [3.8, 4) is 0 Å². The lowest BCUT2D eigenvalue weighted by atomic mass is 10.2. The molecule has 0 atom stereocenters. The molecule has 0 bridgehead atoms. The Balaban J connectivity index is 2.31. The fourth-order valence-corrected chi connectivity index (χ4v) is 1.66. The molecule has 1 aromatic carbocycles. The van der Waals surface area contributed by atoms with Gasteiger partial charge in [-0.2, -0.15) is 0 Å². The first-order chi connectivity index (χ1) is 6.81. The standard InChI is InChI=1S/C11H10NO2/c13-8-9-3-1-4-10(7-9)12-6-2-5-11(12)14/h1,3-4,7H,2,5-6H2. The van der Waals surface area contributed by atoms with Crippen molar-refractivity contribution in [2.45, 2.75) is 12.8 Å². The van der Waals surface area contributed by atoms with Crippen LogP contribution in [0.4, 0.5) is 5.69 Å². The molecular weight excluding hydrogens is 178 g/mol. The quantitative estimate of drug-likeness (QED) is 0.700. The average molecular weight is 188 g/mol. The summed E-state index contributed by atoms with van der Waals surface area (Å²) in [5.41, 5.74) is 1.29. The third kappa shape index (κ3) is 1.53. The summed E-state index contributed by atoms with van der Waals surface area (Å²) in [7, 11) is 0. The summed E-state index contributed by atoms with van der Waals surface area (Å²) in [5, 5.41) is 0. The lowest BCUT2D eigenvalue weighted by molar-refractivity contribution is -0.117. The Kier molecular flexibility index (Phi) is 2.31. The molecule has 1 radical (unpaired) electrons. The molecule has 1 saturated heterocycles. The van der Waals surface area contributed by atoms with Crippen molar-refractivity contribution in [2.75, 3.05) is 11.4 Å². The maximum absolute atomic E-state index is 11.4. The van der Waals surface area contributed by atoms with Gasteiger partial charge >= 0.3 is 0 Å². The van der Waals surface area contributed by atoms with E-state index >= 15 is 0 Å². The summed E-state index contributed by atoms with van der Waals surface area (Å²) in [6.45, 7) is 0.751. The molecule has 1 aliphatic rings. The topological polar surface area (TPSA) is 37.4 Å². The number of nitrogens with zero attached hydrogens (tertiary/aromatic N) is 1. The molecule has 0 aliphatic carbocycles. The van der Waals surface area contributed by atoms with Crippen LogP contribution in [0.2, 0.25) is 0 Å². The van der Waals surface area contributed by atoms with Crippen molar-refractivity contribution < 1.29 is 9.59 Å². The van der Waals surface area contributed by atoms with Crippen molar-refractivity contribution in [1.29, 1.82) is 0 Å². The van der Waals surface area contributed by atoms with Gasteiger partial charge in [-0.25, -0.2) is 0 Å². The predicted octanol–water partition coefficient (Wildman–Crippen LogP) is 1.27. The van der Waals surface area contributed by atoms with Gasteiger partial charge in [0, 0.05) is 24.2 Å². The van der Waals surface area contributed by atoms with Crippen LogP contribution in [0.1, 0.15) is 18.4 Å². The molecule has 0 unspecified atom stereocenters. The molecule has 0 saturated carbocycles. The fourth-order valence-electron chi connectivity index (χ4n) is 1.66. The molecule has 14 heavy (non-hydrogen) atoms. The van der Waals surface area contributed by atoms with Crippen LogP contribution in [0.25, 0.3) is 0 Å². The number of carbonyl (C=O) groups is 1. The Bertz CT molecular complexity index is 373. The molecule has 1 amide bonds. The van der Waals surface area contributed by atoms with Crippen LogP contribution < -0.4 is 4.90 Å². The van der Waals surface area contributed by atoms with Gasteiger partial charge in [0.25, 0.3) is 0 Å². The summed E-state index contributed by atoms with van der Waals surface area (Å²) in [6, 6.07) is 6.97. The minimum Gasteiger partial charge on any atom is -0.312 e. The summed E-state index contributed by atoms with van der Waals surface area (Å²) in [5.74, 6) is 0.132. The summed E-state index contributed by atoms with van der Waals surface area (Å²) in [4.78, 5) is 23.5. The first-order valence-corrected chi connectivity index (χ1v) is 4.60. The highest BCUT2D eigenvalue weighted by molar-refractivity contribution is 5.96. The third-order valence-electron chi connectivity index (χ3n) is 2.35. The average Bonchev–Trinajstić information content (AvgIpc) is 2.65. The van der Waals surface area contributed by atoms with E-state index in [-0.39, 0.29) is 5.91 Å². The molecule has 2 rings (SSSR count). The molecule has 1 aromatic rings. The van der Waals surface area contributed by atoms with E-state index < -0.39 is 0 Å². The Hall–Kier alpha value is -1.64. The minimum atomic E-state index is 0.132. The van der Waals surface area contributed by atoms with Crippen LogP contribution in [0.15, 0.2) is 24.3 Å². The second-order valence-electron chi connectivity index (χ2n) is 3.30. The Labute approximate surface area is 82.3 Å². The van der Waals surface area contributed by atoms with Crippen molar-refractivity contribution in [3.63, 3.8) is 0 Å². The van der Waals surface area contributed by atoms with Crippen LogP contribution in [-0.2, 0) is 9.59 Å². The number of carbonyl (C=O) groups excluding carboxylic acids is 2. The number of hydrogen-bond acceptors (Lipinski definition) is 2. The molecule has 1 heterocycles. The van der Waals surface area contributed by atoms with Gasteiger partial charge < -0.3 is 4.90 Å². The van der Waals surface area contributed by atoms with E-state index in [1.54, 1.807) is 23.1 Å². The highest BCUT2D eigenvalue weighted by Gasteiger charge is 2.21. The SMILES string of the molecule is O=[C]c1cccc(N2CCCC2=O)c1. The van der Waals surface area contributed by atoms with Crippen LogP contribution in [0.5, 0.6) is 0 Å². The van der Waals surface area contributed by atoms with Crippen LogP contribution >= 0.6 is 0 Å². The number of hydrogen-bond donors (Lipinski definition) is 0. The molecule has 1 fully saturated rings. The lowest BCUT2D eigenvalue weighted by Crippen LogP contribution is -2.23. The number of benzene rings is 1. The van der Waals surface area contributed by atoms with Crippen LogP contribution in [0, 0.1) is 0 Å². The van der Waals surface area contributed by atoms with Gasteiger partial charge in [-0.1, -0.05) is 12.1 Å². The summed E-state index contributed by atoms with van der Waals surface area (Å²) < 4.78 is 0. The van der Waals surface area contributed by atoms with E-state index in [0.29, 0.717) is 12.0 Å². The zero-order chi connectivity index (χ0) is 9.97. The van der Waals surface area contributed by atoms with Crippen LogP contribution in [0.3, 0.4) is 0 Å². The smallest absolute Gasteiger partial charge is 0.233 e. The van der Waals surface area contributed by atoms with Gasteiger partial charge in [0.1, 0.15) is 0 Å². The Morgan fingerprint density at radius 3 is 2.86 bits per heavy atom. The van der Waals surface area contributed by atoms with E-state index in [9.17, 15) is 9.59 Å². The number of amides is 1. The first kappa shape index (κ1) is 8.94. The second kappa shape index (κ2) is 3.62. The van der Waals surface area contributed by atoms with E-state index in [2.05, 4.69) is 0 Å². The van der Waals surface area contributed by atoms with Crippen molar-refractivity contribution in [1.82, 2.24) is 0 Å². The Morgan fingerprint density at radius 2 is 2.21 bits per heavy atom. The third-order valence-corrected chi connectivity index (χ3v) is 2.35. The first-order valence-electron chi connectivity index (χ1n) is 4.60. The van der Waals surface area contributed by atoms with Gasteiger partial charge in [-0.3, -0.25) is 9.59 Å². The molecule has 0 aromatic heterocycles. The molecule has 0 spiro atoms. The molecule has 3 heteroatoms. The monoisotopic (exact) mass is 188 g/mol. The number of anilines is 1. The minimum absolute atomic E-state index is 0.132. The molecule has 3 nitrogen and oxygen atoms in total.